The number of hydrogen-bond donors (Lipinski definition) is 1. The predicted octanol–water partition coefficient (Wildman–Crippen LogP) is 1.80. The molecule has 2 amide bonds. The maximum absolute atomic E-state index is 12.7. The Morgan fingerprint density at radius 3 is 2.04 bits per heavy atom. The van der Waals surface area contributed by atoms with Gasteiger partial charge in [-0.2, -0.15) is 0 Å². The van der Waals surface area contributed by atoms with Crippen molar-refractivity contribution in [1.82, 2.24) is 10.2 Å². The van der Waals surface area contributed by atoms with Crippen LogP contribution in [-0.2, 0) is 9.59 Å². The number of piperidine rings is 1. The van der Waals surface area contributed by atoms with Gasteiger partial charge in [-0.3, -0.25) is 9.59 Å². The molecule has 8 heteroatoms. The van der Waals surface area contributed by atoms with Crippen LogP contribution >= 0.6 is 0 Å². The topological polar surface area (TPSA) is 94.2 Å². The Hall–Kier alpha value is -2.77. The molecule has 28 heavy (non-hydrogen) atoms. The lowest BCUT2D eigenvalue weighted by molar-refractivity contribution is -0.133. The Morgan fingerprint density at radius 2 is 1.57 bits per heavy atom. The van der Waals surface area contributed by atoms with Gasteiger partial charge in [0.25, 0.3) is 5.91 Å². The molecule has 2 rings (SSSR count). The lowest BCUT2D eigenvalue weighted by Gasteiger charge is -2.32. The van der Waals surface area contributed by atoms with E-state index in [2.05, 4.69) is 5.32 Å². The van der Waals surface area contributed by atoms with Crippen LogP contribution in [0, 0.1) is 0 Å². The molecule has 0 spiro atoms. The summed E-state index contributed by atoms with van der Waals surface area (Å²) in [5, 5.41) is 3.00. The summed E-state index contributed by atoms with van der Waals surface area (Å²) in [6.07, 6.45) is 1.86. The molecule has 1 aromatic rings. The molecule has 8 nitrogen and oxygen atoms in total. The number of nitrogens with zero attached hydrogens (tertiary/aromatic N) is 1. The molecular weight excluding hydrogens is 364 g/mol. The van der Waals surface area contributed by atoms with Gasteiger partial charge >= 0.3 is 0 Å². The first-order valence-electron chi connectivity index (χ1n) is 9.27. The van der Waals surface area contributed by atoms with Crippen LogP contribution in [0.2, 0.25) is 0 Å². The van der Waals surface area contributed by atoms with Gasteiger partial charge in [0.1, 0.15) is 5.78 Å². The summed E-state index contributed by atoms with van der Waals surface area (Å²) in [5.41, 5.74) is 0.412. The van der Waals surface area contributed by atoms with E-state index in [1.807, 2.05) is 0 Å². The standard InChI is InChI=1S/C20H28N2O6/c1-13(23)5-6-18(24)22-9-7-15(8-10-22)21-20(25)14-11-16(26-2)19(28-4)17(12-14)27-3/h11-12,15H,5-10H2,1-4H3,(H,21,25). The number of likely N-dealkylation sites (tertiary alicyclic amines) is 1. The molecule has 0 aliphatic carbocycles. The van der Waals surface area contributed by atoms with E-state index >= 15 is 0 Å². The lowest BCUT2D eigenvalue weighted by atomic mass is 10.0. The summed E-state index contributed by atoms with van der Waals surface area (Å²) in [6, 6.07) is 3.19. The number of amides is 2. The Morgan fingerprint density at radius 1 is 1.00 bits per heavy atom. The fraction of sp³-hybridized carbons (Fsp3) is 0.550. The molecule has 0 unspecified atom stereocenters. The van der Waals surface area contributed by atoms with E-state index in [9.17, 15) is 14.4 Å². The van der Waals surface area contributed by atoms with Crippen LogP contribution in [0.1, 0.15) is 43.0 Å². The molecule has 154 valence electrons. The number of benzene rings is 1. The van der Waals surface area contributed by atoms with Crippen LogP contribution in [0.5, 0.6) is 17.2 Å². The summed E-state index contributed by atoms with van der Waals surface area (Å²) in [4.78, 5) is 37.5. The minimum absolute atomic E-state index is 0.00963. The first kappa shape index (κ1) is 21.5. The van der Waals surface area contributed by atoms with Crippen molar-refractivity contribution in [2.45, 2.75) is 38.6 Å². The Bertz CT molecular complexity index is 700. The first-order chi connectivity index (χ1) is 13.4. The molecule has 1 aromatic carbocycles. The minimum Gasteiger partial charge on any atom is -0.493 e. The predicted molar refractivity (Wildman–Crippen MR) is 103 cm³/mol. The number of ketones is 1. The van der Waals surface area contributed by atoms with Gasteiger partial charge in [0.15, 0.2) is 11.5 Å². The second-order valence-electron chi connectivity index (χ2n) is 6.74. The van der Waals surface area contributed by atoms with Crippen LogP contribution in [0.3, 0.4) is 0 Å². The van der Waals surface area contributed by atoms with Gasteiger partial charge in [0.2, 0.25) is 11.7 Å². The number of hydrogen-bond acceptors (Lipinski definition) is 6. The summed E-state index contributed by atoms with van der Waals surface area (Å²) in [7, 11) is 4.50. The zero-order valence-corrected chi connectivity index (χ0v) is 16.9. The molecule has 1 aliphatic heterocycles. The van der Waals surface area contributed by atoms with Gasteiger partial charge in [-0.15, -0.1) is 0 Å². The lowest BCUT2D eigenvalue weighted by Crippen LogP contribution is -2.46. The number of ether oxygens (including phenoxy) is 3. The van der Waals surface area contributed by atoms with Crippen molar-refractivity contribution < 1.29 is 28.6 Å². The second-order valence-corrected chi connectivity index (χ2v) is 6.74. The van der Waals surface area contributed by atoms with E-state index < -0.39 is 0 Å². The van der Waals surface area contributed by atoms with Gasteiger partial charge in [0, 0.05) is 37.5 Å². The first-order valence-corrected chi connectivity index (χ1v) is 9.27. The Labute approximate surface area is 165 Å². The van der Waals surface area contributed by atoms with Gasteiger partial charge in [0.05, 0.1) is 21.3 Å². The smallest absolute Gasteiger partial charge is 0.251 e. The molecular formula is C20H28N2O6. The second kappa shape index (κ2) is 9.96. The molecule has 0 radical (unpaired) electrons. The van der Waals surface area contributed by atoms with Gasteiger partial charge in [-0.25, -0.2) is 0 Å². The summed E-state index contributed by atoms with van der Waals surface area (Å²) >= 11 is 0. The van der Waals surface area contributed by atoms with Crippen LogP contribution < -0.4 is 19.5 Å². The fourth-order valence-corrected chi connectivity index (χ4v) is 3.20. The highest BCUT2D eigenvalue weighted by molar-refractivity contribution is 5.95. The third-order valence-corrected chi connectivity index (χ3v) is 4.80. The Kier molecular flexibility index (Phi) is 7.66. The zero-order chi connectivity index (χ0) is 20.7. The molecule has 0 saturated carbocycles. The summed E-state index contributed by atoms with van der Waals surface area (Å²) in [5.74, 6) is 1.03. The average molecular weight is 392 g/mol. The van der Waals surface area contributed by atoms with E-state index in [0.717, 1.165) is 0 Å². The largest absolute Gasteiger partial charge is 0.493 e. The Balaban J connectivity index is 1.96. The quantitative estimate of drug-likeness (QED) is 0.725. The molecule has 1 heterocycles. The molecule has 0 atom stereocenters. The van der Waals surface area contributed by atoms with Crippen molar-refractivity contribution in [1.29, 1.82) is 0 Å². The monoisotopic (exact) mass is 392 g/mol. The van der Waals surface area contributed by atoms with E-state index in [4.69, 9.17) is 14.2 Å². The molecule has 1 N–H and O–H groups in total. The number of nitrogens with one attached hydrogen (secondary N) is 1. The van der Waals surface area contributed by atoms with Crippen molar-refractivity contribution in [2.75, 3.05) is 34.4 Å². The molecule has 0 bridgehead atoms. The minimum atomic E-state index is -0.236. The third-order valence-electron chi connectivity index (χ3n) is 4.80. The number of Topliss-reactive ketones (excluding diaryl/α,β-unsaturated/α-hetero) is 1. The van der Waals surface area contributed by atoms with Crippen molar-refractivity contribution in [3.63, 3.8) is 0 Å². The van der Waals surface area contributed by atoms with Gasteiger partial charge in [-0.05, 0) is 31.9 Å². The van der Waals surface area contributed by atoms with E-state index in [1.54, 1.807) is 17.0 Å². The van der Waals surface area contributed by atoms with Crippen LogP contribution in [0.4, 0.5) is 0 Å². The summed E-state index contributed by atoms with van der Waals surface area (Å²) < 4.78 is 15.8. The highest BCUT2D eigenvalue weighted by Crippen LogP contribution is 2.38. The van der Waals surface area contributed by atoms with Gasteiger partial charge in [-0.1, -0.05) is 0 Å². The van der Waals surface area contributed by atoms with Gasteiger partial charge < -0.3 is 29.2 Å². The summed E-state index contributed by atoms with van der Waals surface area (Å²) in [6.45, 7) is 2.62. The normalized spacial score (nSPS) is 14.4. The van der Waals surface area contributed by atoms with Crippen LogP contribution in [0.15, 0.2) is 12.1 Å². The molecule has 1 fully saturated rings. The zero-order valence-electron chi connectivity index (χ0n) is 16.9. The van der Waals surface area contributed by atoms with E-state index in [-0.39, 0.29) is 36.5 Å². The average Bonchev–Trinajstić information content (AvgIpc) is 2.71. The van der Waals surface area contributed by atoms with Crippen molar-refractivity contribution in [2.24, 2.45) is 0 Å². The number of rotatable bonds is 8. The number of methoxy groups -OCH3 is 3. The van der Waals surface area contributed by atoms with E-state index in [0.29, 0.717) is 48.7 Å². The van der Waals surface area contributed by atoms with Crippen molar-refractivity contribution >= 4 is 17.6 Å². The highest BCUT2D eigenvalue weighted by atomic mass is 16.5. The number of carbonyl (C=O) groups excluding carboxylic acids is 3. The highest BCUT2D eigenvalue weighted by Gasteiger charge is 2.25. The van der Waals surface area contributed by atoms with Crippen molar-refractivity contribution in [3.8, 4) is 17.2 Å². The maximum Gasteiger partial charge on any atom is 0.251 e. The molecule has 0 aromatic heterocycles. The molecule has 1 saturated heterocycles. The fourth-order valence-electron chi connectivity index (χ4n) is 3.20. The van der Waals surface area contributed by atoms with Crippen LogP contribution in [-0.4, -0.2) is 63.0 Å². The maximum atomic E-state index is 12.7. The SMILES string of the molecule is COc1cc(C(=O)NC2CCN(C(=O)CCC(C)=O)CC2)cc(OC)c1OC. The third kappa shape index (κ3) is 5.37. The molecule has 1 aliphatic rings. The van der Waals surface area contributed by atoms with E-state index in [1.165, 1.54) is 28.3 Å². The number of carbonyl (C=O) groups is 3. The van der Waals surface area contributed by atoms with Crippen molar-refractivity contribution in [3.05, 3.63) is 17.7 Å². The van der Waals surface area contributed by atoms with Crippen LogP contribution in [0.25, 0.3) is 0 Å².